The third kappa shape index (κ3) is 7.54. The molecule has 0 bridgehead atoms. The highest BCUT2D eigenvalue weighted by molar-refractivity contribution is 5.95. The average Bonchev–Trinajstić information content (AvgIpc) is 3.43. The molecule has 4 rings (SSSR count). The summed E-state index contributed by atoms with van der Waals surface area (Å²) in [5.41, 5.74) is 7.65. The summed E-state index contributed by atoms with van der Waals surface area (Å²) in [5, 5.41) is 21.0. The Morgan fingerprint density at radius 1 is 0.938 bits per heavy atom. The number of aromatic amines is 2. The van der Waals surface area contributed by atoms with Gasteiger partial charge in [0.1, 0.15) is 11.6 Å². The van der Waals surface area contributed by atoms with Gasteiger partial charge < -0.3 is 31.2 Å². The Hall–Kier alpha value is -3.11. The van der Waals surface area contributed by atoms with Crippen LogP contribution in [0, 0.1) is 11.6 Å². The van der Waals surface area contributed by atoms with E-state index in [0.29, 0.717) is 37.0 Å². The lowest BCUT2D eigenvalue weighted by molar-refractivity contribution is 0.112. The zero-order chi connectivity index (χ0) is 22.6. The zero-order valence-electron chi connectivity index (χ0n) is 16.9. The second-order valence-electron chi connectivity index (χ2n) is 6.47. The number of rotatable bonds is 6. The molecule has 0 radical (unpaired) electrons. The molecule has 7 nitrogen and oxygen atoms in total. The molecule has 7 N–H and O–H groups in total. The van der Waals surface area contributed by atoms with Crippen molar-refractivity contribution in [3.05, 3.63) is 71.6 Å². The van der Waals surface area contributed by atoms with E-state index >= 15 is 0 Å². The summed E-state index contributed by atoms with van der Waals surface area (Å²) in [4.78, 5) is 16.4. The van der Waals surface area contributed by atoms with Crippen LogP contribution in [0.15, 0.2) is 48.8 Å². The van der Waals surface area contributed by atoms with Crippen LogP contribution < -0.4 is 11.1 Å². The molecule has 0 saturated carbocycles. The highest BCUT2D eigenvalue weighted by Gasteiger charge is 2.05. The quantitative estimate of drug-likeness (QED) is 0.200. The number of aldehydes is 1. The van der Waals surface area contributed by atoms with E-state index in [4.69, 9.17) is 15.9 Å². The van der Waals surface area contributed by atoms with Crippen molar-refractivity contribution in [3.8, 4) is 0 Å². The Morgan fingerprint density at radius 2 is 1.50 bits per heavy atom. The van der Waals surface area contributed by atoms with Crippen molar-refractivity contribution in [2.24, 2.45) is 5.73 Å². The fourth-order valence-corrected chi connectivity index (χ4v) is 2.91. The van der Waals surface area contributed by atoms with E-state index in [1.165, 1.54) is 24.3 Å². The van der Waals surface area contributed by atoms with Crippen LogP contribution in [0.1, 0.15) is 23.3 Å². The molecular formula is C23H30F2N4O3. The summed E-state index contributed by atoms with van der Waals surface area (Å²) in [5.74, 6) is -0.618. The van der Waals surface area contributed by atoms with Gasteiger partial charge in [-0.1, -0.05) is 7.43 Å². The van der Waals surface area contributed by atoms with E-state index in [1.807, 2.05) is 6.07 Å². The van der Waals surface area contributed by atoms with Gasteiger partial charge in [0.25, 0.3) is 0 Å². The fourth-order valence-electron chi connectivity index (χ4n) is 2.91. The largest absolute Gasteiger partial charge is 0.395 e. The first-order valence-corrected chi connectivity index (χ1v) is 9.63. The molecule has 9 heteroatoms. The summed E-state index contributed by atoms with van der Waals surface area (Å²) in [7, 11) is 0. The number of carbonyl (C=O) groups excluding carboxylic acids is 1. The molecule has 2 heterocycles. The maximum Gasteiger partial charge on any atom is 0.152 e. The molecule has 0 unspecified atom stereocenters. The molecule has 0 fully saturated rings. The van der Waals surface area contributed by atoms with Crippen LogP contribution in [-0.4, -0.2) is 52.8 Å². The molecule has 4 aromatic rings. The van der Waals surface area contributed by atoms with Crippen LogP contribution >= 0.6 is 0 Å². The second kappa shape index (κ2) is 14.0. The molecule has 0 aliphatic rings. The molecule has 0 amide bonds. The van der Waals surface area contributed by atoms with Crippen LogP contribution in [0.2, 0.25) is 0 Å². The lowest BCUT2D eigenvalue weighted by Gasteiger charge is -2.05. The van der Waals surface area contributed by atoms with E-state index in [2.05, 4.69) is 15.3 Å². The number of H-pyrrole nitrogens is 2. The monoisotopic (exact) mass is 448 g/mol. The van der Waals surface area contributed by atoms with Gasteiger partial charge in [-0.15, -0.1) is 0 Å². The predicted molar refractivity (Wildman–Crippen MR) is 124 cm³/mol. The van der Waals surface area contributed by atoms with Crippen LogP contribution in [0.5, 0.6) is 0 Å². The van der Waals surface area contributed by atoms with Crippen molar-refractivity contribution in [1.29, 1.82) is 0 Å². The first kappa shape index (κ1) is 26.9. The summed E-state index contributed by atoms with van der Waals surface area (Å²) in [6, 6.07) is 9.18. The molecule has 0 saturated heterocycles. The number of benzene rings is 2. The van der Waals surface area contributed by atoms with Crippen molar-refractivity contribution in [2.45, 2.75) is 14.0 Å². The maximum absolute atomic E-state index is 13.2. The third-order valence-electron chi connectivity index (χ3n) is 4.22. The van der Waals surface area contributed by atoms with Crippen molar-refractivity contribution in [2.75, 3.05) is 26.3 Å². The SMILES string of the molecule is C.NCCO.O=Cc1cc(F)cc2cc[nH]c12.OCCNCc1cc(F)cc2cc[nH]c12. The highest BCUT2D eigenvalue weighted by Crippen LogP contribution is 2.19. The van der Waals surface area contributed by atoms with Gasteiger partial charge in [0.05, 0.1) is 24.2 Å². The van der Waals surface area contributed by atoms with Gasteiger partial charge in [0, 0.05) is 48.4 Å². The minimum atomic E-state index is -0.385. The first-order valence-electron chi connectivity index (χ1n) is 9.63. The molecule has 0 aliphatic heterocycles. The Kier molecular flexibility index (Phi) is 11.8. The average molecular weight is 449 g/mol. The van der Waals surface area contributed by atoms with Crippen LogP contribution in [0.3, 0.4) is 0 Å². The number of halogens is 2. The molecule has 0 atom stereocenters. The van der Waals surface area contributed by atoms with E-state index in [0.717, 1.165) is 21.9 Å². The standard InChI is InChI=1S/C11H13FN2O.C9H6FNO.C2H7NO.CH4/c12-10-5-8-1-2-14-11(8)9(6-10)7-13-3-4-15;10-8-3-6-1-2-11-9(6)7(4-8)5-12;3-1-2-4;/h1-2,5-6,13-15H,3-4,7H2;1-5,11H;4H,1-3H2;1H4. The van der Waals surface area contributed by atoms with E-state index in [1.54, 1.807) is 18.5 Å². The molecule has 2 aromatic heterocycles. The first-order chi connectivity index (χ1) is 15.0. The minimum absolute atomic E-state index is 0. The van der Waals surface area contributed by atoms with Crippen LogP contribution in [0.4, 0.5) is 8.78 Å². The van der Waals surface area contributed by atoms with Crippen molar-refractivity contribution < 1.29 is 23.8 Å². The van der Waals surface area contributed by atoms with Gasteiger partial charge >= 0.3 is 0 Å². The number of nitrogens with one attached hydrogen (secondary N) is 3. The molecule has 174 valence electrons. The number of aliphatic hydroxyl groups excluding tert-OH is 2. The fraction of sp³-hybridized carbons (Fsp3) is 0.261. The maximum atomic E-state index is 13.2. The molecular weight excluding hydrogens is 418 g/mol. The molecule has 0 spiro atoms. The normalized spacial score (nSPS) is 10.0. The second-order valence-corrected chi connectivity index (χ2v) is 6.47. The van der Waals surface area contributed by atoms with Gasteiger partial charge in [0.2, 0.25) is 0 Å². The van der Waals surface area contributed by atoms with E-state index < -0.39 is 0 Å². The summed E-state index contributed by atoms with van der Waals surface area (Å²) in [6.07, 6.45) is 4.11. The number of aromatic nitrogens is 2. The smallest absolute Gasteiger partial charge is 0.152 e. The lowest BCUT2D eigenvalue weighted by atomic mass is 10.1. The van der Waals surface area contributed by atoms with Crippen molar-refractivity contribution >= 4 is 28.1 Å². The Labute approximate surface area is 185 Å². The van der Waals surface area contributed by atoms with Gasteiger partial charge in [0.15, 0.2) is 6.29 Å². The highest BCUT2D eigenvalue weighted by atomic mass is 19.1. The summed E-state index contributed by atoms with van der Waals surface area (Å²) < 4.78 is 26.0. The Balaban J connectivity index is 0.000000272. The summed E-state index contributed by atoms with van der Waals surface area (Å²) in [6.45, 7) is 1.62. The zero-order valence-corrected chi connectivity index (χ0v) is 16.9. The molecule has 32 heavy (non-hydrogen) atoms. The lowest BCUT2D eigenvalue weighted by Crippen LogP contribution is -2.17. The van der Waals surface area contributed by atoms with Gasteiger partial charge in [-0.2, -0.15) is 0 Å². The Morgan fingerprint density at radius 3 is 2.06 bits per heavy atom. The van der Waals surface area contributed by atoms with Crippen molar-refractivity contribution in [3.63, 3.8) is 0 Å². The number of hydrogen-bond acceptors (Lipinski definition) is 5. The van der Waals surface area contributed by atoms with Gasteiger partial charge in [-0.3, -0.25) is 4.79 Å². The number of carbonyl (C=O) groups is 1. The van der Waals surface area contributed by atoms with Crippen LogP contribution in [-0.2, 0) is 6.54 Å². The van der Waals surface area contributed by atoms with Gasteiger partial charge in [-0.05, 0) is 42.0 Å². The topological polar surface area (TPSA) is 127 Å². The minimum Gasteiger partial charge on any atom is -0.395 e. The molecule has 2 aromatic carbocycles. The Bertz CT molecular complexity index is 1090. The van der Waals surface area contributed by atoms with Crippen molar-refractivity contribution in [1.82, 2.24) is 15.3 Å². The number of fused-ring (bicyclic) bond motifs is 2. The number of nitrogens with two attached hydrogens (primary N) is 1. The van der Waals surface area contributed by atoms with E-state index in [9.17, 15) is 13.6 Å². The predicted octanol–water partition coefficient (Wildman–Crippen LogP) is 3.08. The van der Waals surface area contributed by atoms with Crippen LogP contribution in [0.25, 0.3) is 21.8 Å². The molecule has 0 aliphatic carbocycles. The number of hydrogen-bond donors (Lipinski definition) is 6. The van der Waals surface area contributed by atoms with E-state index in [-0.39, 0.29) is 32.3 Å². The summed E-state index contributed by atoms with van der Waals surface area (Å²) >= 11 is 0. The number of aliphatic hydroxyl groups is 2. The van der Waals surface area contributed by atoms with Gasteiger partial charge in [-0.25, -0.2) is 8.78 Å². The third-order valence-corrected chi connectivity index (χ3v) is 4.22.